The van der Waals surface area contributed by atoms with E-state index < -0.39 is 0 Å². The number of hydrogen-bond donors (Lipinski definition) is 3. The molecule has 1 heterocycles. The smallest absolute Gasteiger partial charge is 0.159 e. The third-order valence-electron chi connectivity index (χ3n) is 3.67. The summed E-state index contributed by atoms with van der Waals surface area (Å²) in [5, 5.41) is 7.23. The van der Waals surface area contributed by atoms with Gasteiger partial charge in [-0.15, -0.1) is 0 Å². The Morgan fingerprint density at radius 3 is 2.19 bits per heavy atom. The van der Waals surface area contributed by atoms with Crippen molar-refractivity contribution in [3.8, 4) is 11.5 Å². The summed E-state index contributed by atoms with van der Waals surface area (Å²) >= 11 is 12.1. The molecule has 0 aliphatic carbocycles. The van der Waals surface area contributed by atoms with Crippen LogP contribution in [0.4, 0.5) is 28.7 Å². The molecule has 0 saturated heterocycles. The molecule has 0 radical (unpaired) electrons. The monoisotopic (exact) mass is 405 g/mol. The van der Waals surface area contributed by atoms with E-state index in [-0.39, 0.29) is 0 Å². The Morgan fingerprint density at radius 1 is 0.889 bits per heavy atom. The summed E-state index contributed by atoms with van der Waals surface area (Å²) in [6.45, 7) is 0. The van der Waals surface area contributed by atoms with E-state index in [9.17, 15) is 0 Å². The lowest BCUT2D eigenvalue weighted by Crippen LogP contribution is -2.06. The van der Waals surface area contributed by atoms with Crippen molar-refractivity contribution in [1.29, 1.82) is 0 Å². The summed E-state index contributed by atoms with van der Waals surface area (Å²) in [6, 6.07) is 10.4. The van der Waals surface area contributed by atoms with E-state index in [1.807, 2.05) is 0 Å². The maximum absolute atomic E-state index is 6.23. The second-order valence-electron chi connectivity index (χ2n) is 5.46. The SMILES string of the molecule is COc1ccc(OC)c(Nc2ncnc(Nc3cc(Cl)cc(Cl)c3)c2N)c1. The molecule has 1 aromatic heterocycles. The Labute approximate surface area is 166 Å². The Balaban J connectivity index is 1.91. The predicted octanol–water partition coefficient (Wildman–Crippen LogP) is 4.87. The first-order valence-electron chi connectivity index (χ1n) is 7.83. The number of ether oxygens (including phenoxy) is 2. The molecule has 0 saturated carbocycles. The van der Waals surface area contributed by atoms with Crippen LogP contribution in [0.3, 0.4) is 0 Å². The molecule has 0 unspecified atom stereocenters. The van der Waals surface area contributed by atoms with Crippen molar-refractivity contribution in [1.82, 2.24) is 9.97 Å². The lowest BCUT2D eigenvalue weighted by molar-refractivity contribution is 0.405. The highest BCUT2D eigenvalue weighted by atomic mass is 35.5. The van der Waals surface area contributed by atoms with Gasteiger partial charge in [0.05, 0.1) is 19.9 Å². The third kappa shape index (κ3) is 4.45. The zero-order valence-electron chi connectivity index (χ0n) is 14.6. The number of methoxy groups -OCH3 is 2. The molecule has 0 aliphatic rings. The third-order valence-corrected chi connectivity index (χ3v) is 4.11. The predicted molar refractivity (Wildman–Crippen MR) is 109 cm³/mol. The number of nitrogen functional groups attached to an aromatic ring is 1. The topological polar surface area (TPSA) is 94.3 Å². The molecule has 4 N–H and O–H groups in total. The van der Waals surface area contributed by atoms with E-state index >= 15 is 0 Å². The van der Waals surface area contributed by atoms with Crippen LogP contribution in [0.25, 0.3) is 0 Å². The van der Waals surface area contributed by atoms with Crippen LogP contribution in [0.1, 0.15) is 0 Å². The van der Waals surface area contributed by atoms with Gasteiger partial charge in [-0.2, -0.15) is 0 Å². The Hall–Kier alpha value is -2.90. The van der Waals surface area contributed by atoms with Gasteiger partial charge in [-0.05, 0) is 30.3 Å². The van der Waals surface area contributed by atoms with Gasteiger partial charge in [-0.25, -0.2) is 9.97 Å². The van der Waals surface area contributed by atoms with E-state index in [4.69, 9.17) is 38.4 Å². The summed E-state index contributed by atoms with van der Waals surface area (Å²) in [5.41, 5.74) is 7.85. The minimum atomic E-state index is 0.318. The number of nitrogens with one attached hydrogen (secondary N) is 2. The zero-order chi connectivity index (χ0) is 19.4. The minimum Gasteiger partial charge on any atom is -0.497 e. The summed E-state index contributed by atoms with van der Waals surface area (Å²) in [5.74, 6) is 2.10. The zero-order valence-corrected chi connectivity index (χ0v) is 16.1. The van der Waals surface area contributed by atoms with Crippen molar-refractivity contribution in [3.63, 3.8) is 0 Å². The minimum absolute atomic E-state index is 0.318. The average molecular weight is 406 g/mol. The van der Waals surface area contributed by atoms with Gasteiger partial charge >= 0.3 is 0 Å². The van der Waals surface area contributed by atoms with Crippen molar-refractivity contribution in [2.75, 3.05) is 30.6 Å². The van der Waals surface area contributed by atoms with Gasteiger partial charge in [0.25, 0.3) is 0 Å². The average Bonchev–Trinajstić information content (AvgIpc) is 2.64. The number of rotatable bonds is 6. The van der Waals surface area contributed by atoms with Crippen LogP contribution in [-0.4, -0.2) is 24.2 Å². The molecule has 0 aliphatic heterocycles. The first kappa shape index (κ1) is 18.9. The number of nitrogens with two attached hydrogens (primary N) is 1. The van der Waals surface area contributed by atoms with Crippen LogP contribution in [0.2, 0.25) is 10.0 Å². The summed E-state index contributed by atoms with van der Waals surface area (Å²) < 4.78 is 10.6. The number of benzene rings is 2. The van der Waals surface area contributed by atoms with Gasteiger partial charge in [0.1, 0.15) is 23.5 Å². The molecule has 140 valence electrons. The molecule has 0 amide bonds. The van der Waals surface area contributed by atoms with Crippen LogP contribution in [0.15, 0.2) is 42.7 Å². The maximum atomic E-state index is 6.23. The number of aromatic nitrogens is 2. The molecule has 7 nitrogen and oxygen atoms in total. The van der Waals surface area contributed by atoms with Crippen LogP contribution >= 0.6 is 23.2 Å². The fraction of sp³-hybridized carbons (Fsp3) is 0.111. The molecule has 0 bridgehead atoms. The second-order valence-corrected chi connectivity index (χ2v) is 6.33. The normalized spacial score (nSPS) is 10.4. The highest BCUT2D eigenvalue weighted by Gasteiger charge is 2.12. The van der Waals surface area contributed by atoms with Crippen LogP contribution in [0, 0.1) is 0 Å². The van der Waals surface area contributed by atoms with Crippen molar-refractivity contribution in [2.45, 2.75) is 0 Å². The first-order valence-corrected chi connectivity index (χ1v) is 8.58. The molecule has 27 heavy (non-hydrogen) atoms. The number of nitrogens with zero attached hydrogens (tertiary/aromatic N) is 2. The molecule has 0 fully saturated rings. The molecule has 2 aromatic carbocycles. The molecule has 0 spiro atoms. The quantitative estimate of drug-likeness (QED) is 0.538. The Kier molecular flexibility index (Phi) is 5.73. The van der Waals surface area contributed by atoms with E-state index in [0.29, 0.717) is 50.2 Å². The molecular formula is C18H17Cl2N5O2. The molecule has 0 atom stereocenters. The summed E-state index contributed by atoms with van der Waals surface area (Å²) in [4.78, 5) is 8.39. The van der Waals surface area contributed by atoms with Crippen LogP contribution in [-0.2, 0) is 0 Å². The first-order chi connectivity index (χ1) is 13.0. The van der Waals surface area contributed by atoms with Gasteiger partial charge in [0.2, 0.25) is 0 Å². The van der Waals surface area contributed by atoms with Crippen molar-refractivity contribution < 1.29 is 9.47 Å². The van der Waals surface area contributed by atoms with Crippen LogP contribution in [0.5, 0.6) is 11.5 Å². The molecule has 3 rings (SSSR count). The Bertz CT molecular complexity index is 948. The molecule has 3 aromatic rings. The van der Waals surface area contributed by atoms with Gasteiger partial charge < -0.3 is 25.8 Å². The highest BCUT2D eigenvalue weighted by molar-refractivity contribution is 6.35. The van der Waals surface area contributed by atoms with Crippen molar-refractivity contribution >= 4 is 51.9 Å². The van der Waals surface area contributed by atoms with Crippen molar-refractivity contribution in [3.05, 3.63) is 52.8 Å². The highest BCUT2D eigenvalue weighted by Crippen LogP contribution is 2.35. The van der Waals surface area contributed by atoms with Gasteiger partial charge in [-0.3, -0.25) is 0 Å². The van der Waals surface area contributed by atoms with Gasteiger partial charge in [-0.1, -0.05) is 23.2 Å². The Morgan fingerprint density at radius 2 is 1.56 bits per heavy atom. The van der Waals surface area contributed by atoms with Gasteiger partial charge in [0.15, 0.2) is 11.6 Å². The molecule has 9 heteroatoms. The summed E-state index contributed by atoms with van der Waals surface area (Å²) in [6.07, 6.45) is 1.39. The second kappa shape index (κ2) is 8.20. The number of hydrogen-bond acceptors (Lipinski definition) is 7. The lowest BCUT2D eigenvalue weighted by atomic mass is 10.2. The largest absolute Gasteiger partial charge is 0.497 e. The van der Waals surface area contributed by atoms with E-state index in [1.54, 1.807) is 50.6 Å². The fourth-order valence-electron chi connectivity index (χ4n) is 2.40. The lowest BCUT2D eigenvalue weighted by Gasteiger charge is -2.15. The number of halogens is 2. The van der Waals surface area contributed by atoms with E-state index in [0.717, 1.165) is 0 Å². The van der Waals surface area contributed by atoms with Gasteiger partial charge in [0, 0.05) is 21.8 Å². The molecular weight excluding hydrogens is 389 g/mol. The van der Waals surface area contributed by atoms with E-state index in [1.165, 1.54) is 6.33 Å². The number of anilines is 5. The fourth-order valence-corrected chi connectivity index (χ4v) is 2.92. The maximum Gasteiger partial charge on any atom is 0.159 e. The van der Waals surface area contributed by atoms with Crippen molar-refractivity contribution in [2.24, 2.45) is 0 Å². The standard InChI is InChI=1S/C18H17Cl2N5O2/c1-26-13-3-4-15(27-2)14(8-13)25-18-16(21)17(22-9-23-18)24-12-6-10(19)5-11(20)7-12/h3-9H,21H2,1-2H3,(H2,22,23,24,25). The van der Waals surface area contributed by atoms with E-state index in [2.05, 4.69) is 20.6 Å². The summed E-state index contributed by atoms with van der Waals surface area (Å²) in [7, 11) is 3.16. The van der Waals surface area contributed by atoms with Crippen LogP contribution < -0.4 is 25.8 Å².